The molecule has 0 unspecified atom stereocenters. The summed E-state index contributed by atoms with van der Waals surface area (Å²) >= 11 is 0.801. The summed E-state index contributed by atoms with van der Waals surface area (Å²) in [6.45, 7) is 1.70. The van der Waals surface area contributed by atoms with Crippen molar-refractivity contribution in [3.63, 3.8) is 0 Å². The monoisotopic (exact) mass is 427 g/mol. The molecule has 0 atom stereocenters. The van der Waals surface area contributed by atoms with Gasteiger partial charge in [0.1, 0.15) is 22.8 Å². The van der Waals surface area contributed by atoms with Crippen LogP contribution in [-0.4, -0.2) is 41.8 Å². The Hall–Kier alpha value is -3.39. The Morgan fingerprint density at radius 2 is 1.87 bits per heavy atom. The van der Waals surface area contributed by atoms with Gasteiger partial charge in [-0.2, -0.15) is 0 Å². The van der Waals surface area contributed by atoms with Gasteiger partial charge in [-0.1, -0.05) is 23.9 Å². The van der Waals surface area contributed by atoms with E-state index in [1.807, 2.05) is 0 Å². The van der Waals surface area contributed by atoms with Crippen LogP contribution >= 0.6 is 11.8 Å². The Bertz CT molecular complexity index is 969. The van der Waals surface area contributed by atoms with Crippen molar-refractivity contribution in [2.24, 2.45) is 0 Å². The average Bonchev–Trinajstić information content (AvgIpc) is 2.76. The molecule has 2 rings (SSSR count). The molecule has 0 aliphatic rings. The second kappa shape index (κ2) is 11.6. The molecule has 156 valence electrons. The van der Waals surface area contributed by atoms with Crippen molar-refractivity contribution in [2.75, 3.05) is 20.0 Å². The summed E-state index contributed by atoms with van der Waals surface area (Å²) in [5.41, 5.74) is 0.798. The maximum Gasteiger partial charge on any atom is 0.321 e. The molecular formula is C22H21NO6S. The molecule has 0 aliphatic carbocycles. The number of methoxy groups -OCH3 is 2. The first-order chi connectivity index (χ1) is 14.5. The normalized spacial score (nSPS) is 10.9. The second-order valence-corrected chi connectivity index (χ2v) is 6.75. The number of allylic oxidation sites excluding steroid dienone is 2. The number of hydrogen-bond acceptors (Lipinski definition) is 8. The highest BCUT2D eigenvalue weighted by atomic mass is 32.2. The molecule has 0 saturated heterocycles. The van der Waals surface area contributed by atoms with Gasteiger partial charge in [-0.05, 0) is 36.8 Å². The number of hydrogen-bond donors (Lipinski definition) is 0. The Labute approximate surface area is 178 Å². The van der Waals surface area contributed by atoms with Crippen molar-refractivity contribution >= 4 is 34.7 Å². The Balaban J connectivity index is 2.31. The Kier molecular flexibility index (Phi) is 8.83. The first kappa shape index (κ1) is 22.9. The predicted octanol–water partition coefficient (Wildman–Crippen LogP) is 3.74. The van der Waals surface area contributed by atoms with Gasteiger partial charge in [-0.3, -0.25) is 19.4 Å². The van der Waals surface area contributed by atoms with E-state index >= 15 is 0 Å². The molecule has 1 aromatic heterocycles. The highest BCUT2D eigenvalue weighted by molar-refractivity contribution is 8.14. The summed E-state index contributed by atoms with van der Waals surface area (Å²) < 4.78 is 15.9. The van der Waals surface area contributed by atoms with E-state index in [9.17, 15) is 14.4 Å². The number of ketones is 1. The van der Waals surface area contributed by atoms with Crippen LogP contribution in [0.25, 0.3) is 6.08 Å². The van der Waals surface area contributed by atoms with Crippen LogP contribution in [0.5, 0.6) is 17.2 Å². The van der Waals surface area contributed by atoms with Crippen LogP contribution in [0.4, 0.5) is 0 Å². The number of rotatable bonds is 9. The minimum absolute atomic E-state index is 0.0175. The molecule has 0 amide bonds. The molecular weight excluding hydrogens is 406 g/mol. The lowest BCUT2D eigenvalue weighted by molar-refractivity contribution is -0.131. The van der Waals surface area contributed by atoms with E-state index in [4.69, 9.17) is 14.2 Å². The zero-order valence-corrected chi connectivity index (χ0v) is 17.6. The van der Waals surface area contributed by atoms with Gasteiger partial charge in [0, 0.05) is 24.5 Å². The van der Waals surface area contributed by atoms with Crippen molar-refractivity contribution in [1.29, 1.82) is 0 Å². The molecule has 2 aromatic rings. The van der Waals surface area contributed by atoms with E-state index in [0.717, 1.165) is 17.3 Å². The fourth-order valence-electron chi connectivity index (χ4n) is 2.36. The number of ether oxygens (including phenoxy) is 3. The molecule has 7 nitrogen and oxygen atoms in total. The van der Waals surface area contributed by atoms with Crippen LogP contribution in [-0.2, 0) is 9.59 Å². The van der Waals surface area contributed by atoms with Gasteiger partial charge in [-0.25, -0.2) is 0 Å². The smallest absolute Gasteiger partial charge is 0.321 e. The van der Waals surface area contributed by atoms with Crippen molar-refractivity contribution in [3.05, 3.63) is 66.0 Å². The van der Waals surface area contributed by atoms with Gasteiger partial charge < -0.3 is 14.2 Å². The molecule has 8 heteroatoms. The molecule has 0 aliphatic heterocycles. The first-order valence-corrected chi connectivity index (χ1v) is 9.85. The third-order valence-electron chi connectivity index (χ3n) is 3.71. The van der Waals surface area contributed by atoms with Gasteiger partial charge >= 0.3 is 5.97 Å². The lowest BCUT2D eigenvalue weighted by Gasteiger charge is -2.14. The zero-order valence-electron chi connectivity index (χ0n) is 16.8. The van der Waals surface area contributed by atoms with Gasteiger partial charge in [0.2, 0.25) is 5.12 Å². The SMILES string of the molecule is C/C=C/C(=O)SCC(=O)Oc1cc(OC)cc(OC)c1C(=O)/C=C/c1cccnc1. The molecule has 1 heterocycles. The van der Waals surface area contributed by atoms with E-state index in [-0.39, 0.29) is 27.9 Å². The van der Waals surface area contributed by atoms with Crippen LogP contribution in [0.3, 0.4) is 0 Å². The molecule has 0 bridgehead atoms. The van der Waals surface area contributed by atoms with Crippen LogP contribution in [0.2, 0.25) is 0 Å². The van der Waals surface area contributed by atoms with Crippen molar-refractivity contribution in [2.45, 2.75) is 6.92 Å². The van der Waals surface area contributed by atoms with E-state index in [1.165, 1.54) is 38.5 Å². The maximum absolute atomic E-state index is 12.9. The molecule has 0 fully saturated rings. The van der Waals surface area contributed by atoms with Gasteiger partial charge in [-0.15, -0.1) is 0 Å². The first-order valence-electron chi connectivity index (χ1n) is 8.87. The number of nitrogens with zero attached hydrogens (tertiary/aromatic N) is 1. The van der Waals surface area contributed by atoms with Crippen LogP contribution in [0.1, 0.15) is 22.8 Å². The number of benzene rings is 1. The highest BCUT2D eigenvalue weighted by Crippen LogP contribution is 2.35. The van der Waals surface area contributed by atoms with Gasteiger partial charge in [0.05, 0.1) is 20.0 Å². The van der Waals surface area contributed by atoms with Crippen LogP contribution < -0.4 is 14.2 Å². The molecule has 30 heavy (non-hydrogen) atoms. The summed E-state index contributed by atoms with van der Waals surface area (Å²) in [4.78, 5) is 40.6. The number of carbonyl (C=O) groups is 3. The van der Waals surface area contributed by atoms with E-state index < -0.39 is 11.8 Å². The number of thioether (sulfide) groups is 1. The summed E-state index contributed by atoms with van der Waals surface area (Å²) in [6.07, 6.45) is 9.10. The Morgan fingerprint density at radius 1 is 1.10 bits per heavy atom. The van der Waals surface area contributed by atoms with Gasteiger partial charge in [0.25, 0.3) is 0 Å². The summed E-state index contributed by atoms with van der Waals surface area (Å²) in [7, 11) is 2.84. The quantitative estimate of drug-likeness (QED) is 0.259. The third kappa shape index (κ3) is 6.59. The molecule has 0 saturated carbocycles. The number of carbonyl (C=O) groups excluding carboxylic acids is 3. The standard InChI is InChI=1S/C22H21NO6S/c1-4-6-21(26)30-14-20(25)29-19-12-16(27-2)11-18(28-3)22(19)17(24)9-8-15-7-5-10-23-13-15/h4-13H,14H2,1-3H3/b6-4+,9-8+. The average molecular weight is 427 g/mol. The fourth-order valence-corrected chi connectivity index (χ4v) is 2.92. The lowest BCUT2D eigenvalue weighted by atomic mass is 10.1. The summed E-state index contributed by atoms with van der Waals surface area (Å²) in [5, 5.41) is -0.270. The fraction of sp³-hybridized carbons (Fsp3) is 0.182. The molecule has 0 N–H and O–H groups in total. The molecule has 0 spiro atoms. The van der Waals surface area contributed by atoms with Crippen LogP contribution in [0, 0.1) is 0 Å². The van der Waals surface area contributed by atoms with Crippen molar-refractivity contribution in [3.8, 4) is 17.2 Å². The molecule has 1 aromatic carbocycles. The lowest BCUT2D eigenvalue weighted by Crippen LogP contribution is -2.14. The van der Waals surface area contributed by atoms with Crippen molar-refractivity contribution < 1.29 is 28.6 Å². The second-order valence-electron chi connectivity index (χ2n) is 5.77. The largest absolute Gasteiger partial charge is 0.496 e. The van der Waals surface area contributed by atoms with Gasteiger partial charge in [0.15, 0.2) is 5.78 Å². The highest BCUT2D eigenvalue weighted by Gasteiger charge is 2.21. The topological polar surface area (TPSA) is 91.8 Å². The number of aromatic nitrogens is 1. The van der Waals surface area contributed by atoms with E-state index in [2.05, 4.69) is 4.98 Å². The Morgan fingerprint density at radius 3 is 2.50 bits per heavy atom. The minimum atomic E-state index is -0.682. The predicted molar refractivity (Wildman–Crippen MR) is 115 cm³/mol. The summed E-state index contributed by atoms with van der Waals surface area (Å²) in [5.74, 6) is -0.800. The summed E-state index contributed by atoms with van der Waals surface area (Å²) in [6, 6.07) is 6.48. The third-order valence-corrected chi connectivity index (χ3v) is 4.51. The number of esters is 1. The molecule has 0 radical (unpaired) electrons. The minimum Gasteiger partial charge on any atom is -0.496 e. The van der Waals surface area contributed by atoms with E-state index in [0.29, 0.717) is 5.75 Å². The van der Waals surface area contributed by atoms with Crippen LogP contribution in [0.15, 0.2) is 54.9 Å². The zero-order chi connectivity index (χ0) is 21.9. The van der Waals surface area contributed by atoms with Crippen molar-refractivity contribution in [1.82, 2.24) is 4.98 Å². The maximum atomic E-state index is 12.9. The number of pyridine rings is 1. The van der Waals surface area contributed by atoms with E-state index in [1.54, 1.807) is 43.6 Å².